The van der Waals surface area contributed by atoms with Gasteiger partial charge in [0.15, 0.2) is 5.75 Å². The number of ether oxygens (including phenoxy) is 4. The molecule has 7 rings (SSSR count). The number of azide groups is 1. The zero-order valence-corrected chi connectivity index (χ0v) is 32.6. The van der Waals surface area contributed by atoms with Gasteiger partial charge in [-0.05, 0) is 115 Å². The van der Waals surface area contributed by atoms with Crippen molar-refractivity contribution in [2.75, 3.05) is 19.6 Å². The Morgan fingerprint density at radius 3 is 2.31 bits per heavy atom. The zero-order valence-electron chi connectivity index (χ0n) is 32.6. The van der Waals surface area contributed by atoms with Crippen molar-refractivity contribution in [3.05, 3.63) is 33.7 Å². The van der Waals surface area contributed by atoms with E-state index in [1.54, 1.807) is 53.7 Å². The van der Waals surface area contributed by atoms with Gasteiger partial charge in [0, 0.05) is 11.5 Å². The van der Waals surface area contributed by atoms with Crippen LogP contribution in [-0.4, -0.2) is 107 Å². The van der Waals surface area contributed by atoms with Gasteiger partial charge in [-0.2, -0.15) is 0 Å². The first-order valence-corrected chi connectivity index (χ1v) is 18.7. The van der Waals surface area contributed by atoms with E-state index in [2.05, 4.69) is 30.8 Å². The lowest BCUT2D eigenvalue weighted by Crippen LogP contribution is -2.65. The van der Waals surface area contributed by atoms with E-state index >= 15 is 0 Å². The first-order chi connectivity index (χ1) is 25.1. The molecule has 1 aromatic carbocycles. The molecule has 0 unspecified atom stereocenters. The third-order valence-electron chi connectivity index (χ3n) is 11.5. The van der Waals surface area contributed by atoms with Gasteiger partial charge in [0.1, 0.15) is 34.7 Å². The highest BCUT2D eigenvalue weighted by Crippen LogP contribution is 2.65. The SMILES string of the molecule is CC(C)(C)OC(=O)Oc1c(CCB2O[C@@H]3C[C@@H]4C[C@@H](C4(C)C)[C@]3(C)O2)ccc(OC2CN(C(=O)[C@@H]3C[C@H](N=[N+]=[N-])CN3C(=O)O)C2)c1C(=O)OC(C)(C)C. The molecule has 1 N–H and O–H groups in total. The largest absolute Gasteiger partial charge is 0.514 e. The number of amides is 2. The van der Waals surface area contributed by atoms with Crippen LogP contribution >= 0.6 is 0 Å². The maximum atomic E-state index is 14.0. The van der Waals surface area contributed by atoms with Gasteiger partial charge in [-0.1, -0.05) is 25.0 Å². The second-order valence-corrected chi connectivity index (χ2v) is 18.0. The summed E-state index contributed by atoms with van der Waals surface area (Å²) < 4.78 is 36.5. The number of benzene rings is 1. The van der Waals surface area contributed by atoms with Crippen LogP contribution in [0.4, 0.5) is 9.59 Å². The van der Waals surface area contributed by atoms with Crippen molar-refractivity contribution in [1.82, 2.24) is 9.80 Å². The third-order valence-corrected chi connectivity index (χ3v) is 11.5. The van der Waals surface area contributed by atoms with Crippen LogP contribution in [0.25, 0.3) is 10.4 Å². The summed E-state index contributed by atoms with van der Waals surface area (Å²) in [5.74, 6) is -0.224. The first-order valence-electron chi connectivity index (χ1n) is 18.7. The fourth-order valence-corrected chi connectivity index (χ4v) is 8.74. The zero-order chi connectivity index (χ0) is 39.5. The summed E-state index contributed by atoms with van der Waals surface area (Å²) in [6.45, 7) is 17.1. The predicted molar refractivity (Wildman–Crippen MR) is 194 cm³/mol. The fourth-order valence-electron chi connectivity index (χ4n) is 8.74. The van der Waals surface area contributed by atoms with Gasteiger partial charge < -0.3 is 38.3 Å². The van der Waals surface area contributed by atoms with E-state index in [0.29, 0.717) is 30.1 Å². The summed E-state index contributed by atoms with van der Waals surface area (Å²) in [6, 6.07) is 1.68. The van der Waals surface area contributed by atoms with Crippen LogP contribution in [0, 0.1) is 17.3 Å². The van der Waals surface area contributed by atoms with Crippen molar-refractivity contribution in [3.63, 3.8) is 0 Å². The first kappa shape index (κ1) is 39.5. The lowest BCUT2D eigenvalue weighted by molar-refractivity contribution is -0.199. The van der Waals surface area contributed by atoms with E-state index in [9.17, 15) is 24.3 Å². The van der Waals surface area contributed by atoms with Gasteiger partial charge in [-0.15, -0.1) is 0 Å². The Morgan fingerprint density at radius 1 is 1.02 bits per heavy atom. The molecule has 1 aromatic rings. The van der Waals surface area contributed by atoms with Gasteiger partial charge in [0.05, 0.1) is 30.8 Å². The topological polar surface area (TPSA) is 199 Å². The summed E-state index contributed by atoms with van der Waals surface area (Å²) in [6.07, 6.45) is 0.00163. The summed E-state index contributed by atoms with van der Waals surface area (Å²) in [4.78, 5) is 57.6. The molecular formula is C37H52BN5O11. The Hall–Kier alpha value is -4.21. The normalized spacial score (nSPS) is 28.6. The van der Waals surface area contributed by atoms with Gasteiger partial charge in [-0.25, -0.2) is 14.4 Å². The van der Waals surface area contributed by atoms with E-state index in [-0.39, 0.29) is 54.6 Å². The molecule has 0 radical (unpaired) electrons. The molecule has 17 heteroatoms. The maximum absolute atomic E-state index is 14.0. The van der Waals surface area contributed by atoms with Crippen LogP contribution in [0.15, 0.2) is 17.2 Å². The molecule has 2 bridgehead atoms. The lowest BCUT2D eigenvalue weighted by atomic mass is 9.43. The molecule has 54 heavy (non-hydrogen) atoms. The molecule has 3 aliphatic heterocycles. The third kappa shape index (κ3) is 7.81. The Kier molecular flexibility index (Phi) is 10.3. The average Bonchev–Trinajstić information content (AvgIpc) is 3.60. The van der Waals surface area contributed by atoms with Gasteiger partial charge in [0.25, 0.3) is 0 Å². The molecule has 3 saturated carbocycles. The van der Waals surface area contributed by atoms with E-state index in [4.69, 9.17) is 33.8 Å². The van der Waals surface area contributed by atoms with Gasteiger partial charge in [0.2, 0.25) is 5.91 Å². The minimum Gasteiger partial charge on any atom is -0.486 e. The standard InChI is InChI=1S/C37H52BN5O11/c1-34(2,3)51-31(45)28-25(49-23-18-42(19-23)30(44)24-16-22(40-41-39)17-43(24)32(46)47)11-10-20(29(28)50-33(48)52-35(4,5)6)12-13-38-53-27-15-21-14-26(36(21,7)8)37(27,9)54-38/h10-11,21-24,26-27H,12-19H2,1-9H3,(H,46,47)/t21-,22-,24-,26-,27+,37-/m0/s1. The fraction of sp³-hybridized carbons (Fsp3) is 0.730. The smallest absolute Gasteiger partial charge is 0.486 e. The Labute approximate surface area is 315 Å². The Morgan fingerprint density at radius 2 is 1.70 bits per heavy atom. The van der Waals surface area contributed by atoms with Crippen molar-refractivity contribution in [2.24, 2.45) is 22.4 Å². The number of rotatable bonds is 9. The molecule has 0 aromatic heterocycles. The number of likely N-dealkylation sites (tertiary alicyclic amines) is 2. The van der Waals surface area contributed by atoms with E-state index in [0.717, 1.165) is 17.7 Å². The van der Waals surface area contributed by atoms with Crippen LogP contribution < -0.4 is 9.47 Å². The predicted octanol–water partition coefficient (Wildman–Crippen LogP) is 6.25. The van der Waals surface area contributed by atoms with E-state index < -0.39 is 66.2 Å². The second kappa shape index (κ2) is 14.1. The molecule has 294 valence electrons. The summed E-state index contributed by atoms with van der Waals surface area (Å²) >= 11 is 0. The Bertz CT molecular complexity index is 1730. The number of esters is 1. The van der Waals surface area contributed by atoms with Crippen LogP contribution in [0.2, 0.25) is 6.32 Å². The second-order valence-electron chi connectivity index (χ2n) is 18.0. The number of carbonyl (C=O) groups excluding carboxylic acids is 3. The van der Waals surface area contributed by atoms with Crippen molar-refractivity contribution in [1.29, 1.82) is 0 Å². The summed E-state index contributed by atoms with van der Waals surface area (Å²) in [7, 11) is -0.497. The number of carbonyl (C=O) groups is 4. The molecule has 3 saturated heterocycles. The van der Waals surface area contributed by atoms with Crippen molar-refractivity contribution < 1.29 is 52.5 Å². The molecule has 3 aliphatic carbocycles. The molecule has 6 aliphatic rings. The molecule has 16 nitrogen and oxygen atoms in total. The molecular weight excluding hydrogens is 701 g/mol. The monoisotopic (exact) mass is 753 g/mol. The quantitative estimate of drug-likeness (QED) is 0.0747. The van der Waals surface area contributed by atoms with Crippen molar-refractivity contribution in [2.45, 2.75) is 135 Å². The van der Waals surface area contributed by atoms with Crippen LogP contribution in [0.3, 0.4) is 0 Å². The highest BCUT2D eigenvalue weighted by atomic mass is 16.7. The van der Waals surface area contributed by atoms with E-state index in [1.807, 2.05) is 0 Å². The highest BCUT2D eigenvalue weighted by Gasteiger charge is 2.67. The van der Waals surface area contributed by atoms with Gasteiger partial charge in [-0.3, -0.25) is 9.69 Å². The maximum Gasteiger partial charge on any atom is 0.514 e. The molecule has 2 amide bonds. The van der Waals surface area contributed by atoms with Crippen LogP contribution in [-0.2, 0) is 30.0 Å². The number of nitrogens with zero attached hydrogens (tertiary/aromatic N) is 5. The summed E-state index contributed by atoms with van der Waals surface area (Å²) in [5.41, 5.74) is 7.23. The molecule has 6 atom stereocenters. The lowest BCUT2D eigenvalue weighted by Gasteiger charge is -2.64. The Balaban J connectivity index is 1.23. The highest BCUT2D eigenvalue weighted by molar-refractivity contribution is 6.45. The van der Waals surface area contributed by atoms with Crippen LogP contribution in [0.1, 0.15) is 97.5 Å². The summed E-state index contributed by atoms with van der Waals surface area (Å²) in [5, 5.41) is 13.3. The number of hydrogen-bond donors (Lipinski definition) is 1. The van der Waals surface area contributed by atoms with Gasteiger partial charge >= 0.3 is 25.3 Å². The molecule has 0 spiro atoms. The van der Waals surface area contributed by atoms with E-state index in [1.165, 1.54) is 4.90 Å². The minimum atomic E-state index is -1.28. The minimum absolute atomic E-state index is 0.00728. The van der Waals surface area contributed by atoms with Crippen molar-refractivity contribution >= 4 is 31.2 Å². The average molecular weight is 754 g/mol. The number of carboxylic acid groups (broad SMARTS) is 1. The van der Waals surface area contributed by atoms with Crippen molar-refractivity contribution in [3.8, 4) is 11.5 Å². The van der Waals surface area contributed by atoms with Crippen LogP contribution in [0.5, 0.6) is 11.5 Å². The number of hydrogen-bond acceptors (Lipinski definition) is 11. The molecule has 6 fully saturated rings. The molecule has 3 heterocycles. The number of aryl methyl sites for hydroxylation is 1.